The molecule has 0 atom stereocenters. The average Bonchev–Trinajstić information content (AvgIpc) is 2.21. The van der Waals surface area contributed by atoms with Gasteiger partial charge in [0.2, 0.25) is 0 Å². The van der Waals surface area contributed by atoms with Crippen molar-refractivity contribution in [1.29, 1.82) is 0 Å². The Bertz CT molecular complexity index is 302. The van der Waals surface area contributed by atoms with Crippen molar-refractivity contribution in [3.05, 3.63) is 35.6 Å². The van der Waals surface area contributed by atoms with Crippen molar-refractivity contribution >= 4 is 20.6 Å². The third-order valence-electron chi connectivity index (χ3n) is 2.24. The third kappa shape index (κ3) is 3.26. The van der Waals surface area contributed by atoms with Gasteiger partial charge >= 0.3 is 0 Å². The van der Waals surface area contributed by atoms with Gasteiger partial charge in [-0.25, -0.2) is 0 Å². The van der Waals surface area contributed by atoms with Gasteiger partial charge in [-0.1, -0.05) is 25.2 Å². The molecule has 0 radical (unpaired) electrons. The van der Waals surface area contributed by atoms with Crippen LogP contribution in [0.25, 0.3) is 0 Å². The zero-order chi connectivity index (χ0) is 10.4. The highest BCUT2D eigenvalue weighted by Crippen LogP contribution is 2.24. The van der Waals surface area contributed by atoms with Crippen molar-refractivity contribution in [2.24, 2.45) is 4.99 Å². The number of allylic oxidation sites excluding steroid dienone is 5. The lowest BCUT2D eigenvalue weighted by Crippen LogP contribution is -1.98. The smallest absolute Gasteiger partial charge is 0.0832 e. The molecule has 2 heteroatoms. The zero-order valence-electron chi connectivity index (χ0n) is 8.76. The highest BCUT2D eigenvalue weighted by Gasteiger charge is 2.08. The Labute approximate surface area is 94.4 Å². The number of halogens is 1. The van der Waals surface area contributed by atoms with Gasteiger partial charge in [-0.3, -0.25) is 4.99 Å². The van der Waals surface area contributed by atoms with Gasteiger partial charge in [0.25, 0.3) is 0 Å². The van der Waals surface area contributed by atoms with E-state index in [1.54, 1.807) is 0 Å². The third-order valence-corrected chi connectivity index (χ3v) is 2.85. The van der Waals surface area contributed by atoms with Crippen LogP contribution in [0.5, 0.6) is 0 Å². The fourth-order valence-corrected chi connectivity index (χ4v) is 1.72. The lowest BCUT2D eigenvalue weighted by atomic mass is 9.98. The summed E-state index contributed by atoms with van der Waals surface area (Å²) >= 11 is 3.41. The number of rotatable bonds is 3. The summed E-state index contributed by atoms with van der Waals surface area (Å²) in [6.45, 7) is 4.22. The molecule has 0 aliphatic carbocycles. The zero-order valence-corrected chi connectivity index (χ0v) is 10.3. The molecule has 0 spiro atoms. The molecular weight excluding hydrogens is 238 g/mol. The highest BCUT2D eigenvalue weighted by molar-refractivity contribution is 9.18. The molecule has 0 aromatic carbocycles. The van der Waals surface area contributed by atoms with E-state index >= 15 is 0 Å². The van der Waals surface area contributed by atoms with Crippen LogP contribution >= 0.6 is 15.9 Å². The second kappa shape index (κ2) is 5.97. The molecule has 0 fully saturated rings. The van der Waals surface area contributed by atoms with Crippen molar-refractivity contribution in [1.82, 2.24) is 0 Å². The number of hydrogen-bond acceptors (Lipinski definition) is 1. The van der Waals surface area contributed by atoms with Gasteiger partial charge in [0.15, 0.2) is 0 Å². The molecule has 0 aromatic heterocycles. The van der Waals surface area contributed by atoms with E-state index in [9.17, 15) is 0 Å². The minimum Gasteiger partial charge on any atom is -0.254 e. The molecule has 1 heterocycles. The molecule has 0 aromatic rings. The Balaban J connectivity index is 2.81. The summed E-state index contributed by atoms with van der Waals surface area (Å²) in [5.41, 5.74) is 2.76. The maximum absolute atomic E-state index is 4.29. The van der Waals surface area contributed by atoms with Crippen LogP contribution in [-0.2, 0) is 0 Å². The second-order valence-corrected chi connectivity index (χ2v) is 4.15. The van der Waals surface area contributed by atoms with Gasteiger partial charge in [0.1, 0.15) is 0 Å². The quantitative estimate of drug-likeness (QED) is 0.663. The van der Waals surface area contributed by atoms with E-state index in [2.05, 4.69) is 46.1 Å². The summed E-state index contributed by atoms with van der Waals surface area (Å²) < 4.78 is 1.06. The fraction of sp³-hybridized carbons (Fsp3) is 0.417. The highest BCUT2D eigenvalue weighted by atomic mass is 79.9. The largest absolute Gasteiger partial charge is 0.254 e. The lowest BCUT2D eigenvalue weighted by Gasteiger charge is -2.12. The Hall–Kier alpha value is -0.630. The van der Waals surface area contributed by atoms with E-state index < -0.39 is 0 Å². The molecule has 0 N–H and O–H groups in total. The van der Waals surface area contributed by atoms with Crippen LogP contribution in [0.2, 0.25) is 0 Å². The normalized spacial score (nSPS) is 18.4. The van der Waals surface area contributed by atoms with Gasteiger partial charge in [-0.05, 0) is 46.8 Å². The lowest BCUT2D eigenvalue weighted by molar-refractivity contribution is 0.959. The Morgan fingerprint density at radius 2 is 2.36 bits per heavy atom. The van der Waals surface area contributed by atoms with Crippen LogP contribution in [0.15, 0.2) is 40.6 Å². The summed E-state index contributed by atoms with van der Waals surface area (Å²) in [4.78, 5) is 4.29. The minimum absolute atomic E-state index is 1.03. The van der Waals surface area contributed by atoms with Gasteiger partial charge in [0.05, 0.1) is 4.62 Å². The molecule has 0 amide bonds. The molecule has 76 valence electrons. The van der Waals surface area contributed by atoms with E-state index in [4.69, 9.17) is 0 Å². The van der Waals surface area contributed by atoms with Crippen molar-refractivity contribution in [3.8, 4) is 0 Å². The van der Waals surface area contributed by atoms with Crippen molar-refractivity contribution in [2.45, 2.75) is 33.1 Å². The molecule has 1 aliphatic rings. The molecule has 1 rings (SSSR count). The molecule has 0 saturated carbocycles. The summed E-state index contributed by atoms with van der Waals surface area (Å²) in [6, 6.07) is 0. The van der Waals surface area contributed by atoms with Gasteiger partial charge in [-0.2, -0.15) is 0 Å². The molecule has 0 unspecified atom stereocenters. The van der Waals surface area contributed by atoms with Crippen LogP contribution in [-0.4, -0.2) is 4.62 Å². The van der Waals surface area contributed by atoms with Crippen LogP contribution in [0.4, 0.5) is 0 Å². The van der Waals surface area contributed by atoms with Crippen molar-refractivity contribution < 1.29 is 0 Å². The molecule has 0 saturated heterocycles. The van der Waals surface area contributed by atoms with Gasteiger partial charge in [0, 0.05) is 12.6 Å². The van der Waals surface area contributed by atoms with E-state index in [-0.39, 0.29) is 0 Å². The van der Waals surface area contributed by atoms with Crippen LogP contribution in [0.3, 0.4) is 0 Å². The first kappa shape index (κ1) is 11.4. The summed E-state index contributed by atoms with van der Waals surface area (Å²) in [7, 11) is 0. The van der Waals surface area contributed by atoms with Gasteiger partial charge < -0.3 is 0 Å². The van der Waals surface area contributed by atoms with Crippen LogP contribution in [0.1, 0.15) is 33.1 Å². The summed E-state index contributed by atoms with van der Waals surface area (Å²) in [6.07, 6.45) is 11.5. The number of nitrogens with zero attached hydrogens (tertiary/aromatic N) is 1. The van der Waals surface area contributed by atoms with Crippen molar-refractivity contribution in [2.75, 3.05) is 0 Å². The minimum atomic E-state index is 1.03. The molecule has 0 bridgehead atoms. The van der Waals surface area contributed by atoms with Crippen molar-refractivity contribution in [3.63, 3.8) is 0 Å². The fourth-order valence-electron chi connectivity index (χ4n) is 1.42. The molecular formula is C12H16BrN. The van der Waals surface area contributed by atoms with E-state index in [0.717, 1.165) is 23.9 Å². The Morgan fingerprint density at radius 3 is 2.86 bits per heavy atom. The van der Waals surface area contributed by atoms with E-state index in [1.165, 1.54) is 11.1 Å². The maximum Gasteiger partial charge on any atom is 0.0832 e. The first-order chi connectivity index (χ1) is 6.77. The first-order valence-corrected chi connectivity index (χ1v) is 5.80. The second-order valence-electron chi connectivity index (χ2n) is 3.23. The number of aliphatic imine (C=N–C) groups is 1. The predicted octanol–water partition coefficient (Wildman–Crippen LogP) is 4.37. The first-order valence-electron chi connectivity index (χ1n) is 5.01. The van der Waals surface area contributed by atoms with Crippen LogP contribution < -0.4 is 0 Å². The Morgan fingerprint density at radius 1 is 1.57 bits per heavy atom. The van der Waals surface area contributed by atoms with Crippen LogP contribution in [0, 0.1) is 0 Å². The Kier molecular flexibility index (Phi) is 4.88. The summed E-state index contributed by atoms with van der Waals surface area (Å²) in [5.74, 6) is 0. The molecule has 14 heavy (non-hydrogen) atoms. The number of hydrogen-bond donors (Lipinski definition) is 0. The van der Waals surface area contributed by atoms with E-state index in [1.807, 2.05) is 13.1 Å². The average molecular weight is 254 g/mol. The molecule has 1 nitrogen and oxygen atoms in total. The monoisotopic (exact) mass is 253 g/mol. The SMILES string of the molecule is C/C=C\C=C(/CC)C1=CN=C(Br)CC1. The maximum atomic E-state index is 4.29. The molecule has 1 aliphatic heterocycles. The predicted molar refractivity (Wildman–Crippen MR) is 66.9 cm³/mol. The topological polar surface area (TPSA) is 12.4 Å². The standard InChI is InChI=1S/C12H16BrN/c1-3-5-6-10(4-2)11-7-8-12(13)14-9-11/h3,5-6,9H,4,7-8H2,1-2H3/b5-3-,10-6+. The van der Waals surface area contributed by atoms with Gasteiger partial charge in [-0.15, -0.1) is 0 Å². The van der Waals surface area contributed by atoms with E-state index in [0.29, 0.717) is 0 Å². The summed E-state index contributed by atoms with van der Waals surface area (Å²) in [5, 5.41) is 0.